The summed E-state index contributed by atoms with van der Waals surface area (Å²) in [4.78, 5) is 14.4. The van der Waals surface area contributed by atoms with Crippen LogP contribution in [-0.4, -0.2) is 48.1 Å². The molecule has 0 bridgehead atoms. The van der Waals surface area contributed by atoms with Crippen LogP contribution in [0.4, 0.5) is 5.82 Å². The molecule has 2 aliphatic rings. The predicted octanol–water partition coefficient (Wildman–Crippen LogP) is 3.10. The average Bonchev–Trinajstić information content (AvgIpc) is 2.91. The maximum Gasteiger partial charge on any atom is 0.190 e. The third-order valence-corrected chi connectivity index (χ3v) is 6.03. The van der Waals surface area contributed by atoms with Crippen LogP contribution in [0.25, 0.3) is 10.2 Å². The van der Waals surface area contributed by atoms with Gasteiger partial charge in [-0.05, 0) is 25.7 Å². The van der Waals surface area contributed by atoms with Crippen LogP contribution in [0.2, 0.25) is 0 Å². The highest BCUT2D eigenvalue weighted by Crippen LogP contribution is 2.42. The molecule has 0 saturated carbocycles. The Morgan fingerprint density at radius 1 is 1.22 bits per heavy atom. The quantitative estimate of drug-likeness (QED) is 0.612. The van der Waals surface area contributed by atoms with Crippen LogP contribution in [0.5, 0.6) is 0 Å². The van der Waals surface area contributed by atoms with Gasteiger partial charge in [0.05, 0.1) is 30.8 Å². The topological polar surface area (TPSA) is 47.5 Å². The minimum Gasteiger partial charge on any atom is -0.378 e. The maximum atomic E-state index is 5.99. The fourth-order valence-electron chi connectivity index (χ4n) is 3.20. The molecule has 2 aliphatic heterocycles. The number of hydrogen-bond acceptors (Lipinski definition) is 7. The molecular formula is C16H21N3O2S2. The van der Waals surface area contributed by atoms with Crippen molar-refractivity contribution in [2.24, 2.45) is 0 Å². The zero-order valence-corrected chi connectivity index (χ0v) is 15.4. The van der Waals surface area contributed by atoms with Crippen molar-refractivity contribution in [2.45, 2.75) is 37.6 Å². The Hall–Kier alpha value is -0.890. The van der Waals surface area contributed by atoms with E-state index in [1.807, 2.05) is 6.26 Å². The summed E-state index contributed by atoms with van der Waals surface area (Å²) in [5.41, 5.74) is 1.26. The molecule has 0 radical (unpaired) electrons. The van der Waals surface area contributed by atoms with Crippen molar-refractivity contribution >= 4 is 39.1 Å². The van der Waals surface area contributed by atoms with Gasteiger partial charge in [0.25, 0.3) is 0 Å². The van der Waals surface area contributed by atoms with Crippen molar-refractivity contribution in [1.82, 2.24) is 9.97 Å². The average molecular weight is 351 g/mol. The van der Waals surface area contributed by atoms with Crippen molar-refractivity contribution in [3.05, 3.63) is 10.4 Å². The number of hydrogen-bond donors (Lipinski definition) is 0. The fraction of sp³-hybridized carbons (Fsp3) is 0.625. The second-order valence-electron chi connectivity index (χ2n) is 6.54. The van der Waals surface area contributed by atoms with E-state index >= 15 is 0 Å². The molecular weight excluding hydrogens is 330 g/mol. The summed E-state index contributed by atoms with van der Waals surface area (Å²) in [6.07, 6.45) is 2.95. The Bertz CT molecular complexity index is 738. The molecule has 23 heavy (non-hydrogen) atoms. The summed E-state index contributed by atoms with van der Waals surface area (Å²) in [6.45, 7) is 8.31. The Balaban J connectivity index is 1.90. The predicted molar refractivity (Wildman–Crippen MR) is 94.8 cm³/mol. The van der Waals surface area contributed by atoms with Crippen LogP contribution in [-0.2, 0) is 22.5 Å². The smallest absolute Gasteiger partial charge is 0.190 e. The summed E-state index contributed by atoms with van der Waals surface area (Å²) in [5, 5.41) is 2.08. The van der Waals surface area contributed by atoms with Gasteiger partial charge >= 0.3 is 0 Å². The molecule has 0 N–H and O–H groups in total. The van der Waals surface area contributed by atoms with Crippen LogP contribution in [0, 0.1) is 0 Å². The van der Waals surface area contributed by atoms with Gasteiger partial charge in [-0.1, -0.05) is 11.8 Å². The van der Waals surface area contributed by atoms with E-state index in [1.165, 1.54) is 15.8 Å². The SMILES string of the molecule is CSc1nc(N2CCOCC2)c2c3c(sc2n1)COC(C)(C)C3. The van der Waals surface area contributed by atoms with Gasteiger partial charge in [-0.15, -0.1) is 11.3 Å². The monoisotopic (exact) mass is 351 g/mol. The summed E-state index contributed by atoms with van der Waals surface area (Å²) in [7, 11) is 0. The second kappa shape index (κ2) is 5.88. The number of aromatic nitrogens is 2. The van der Waals surface area contributed by atoms with Gasteiger partial charge in [0.2, 0.25) is 0 Å². The molecule has 0 spiro atoms. The first-order valence-electron chi connectivity index (χ1n) is 7.90. The molecule has 5 nitrogen and oxygen atoms in total. The van der Waals surface area contributed by atoms with Gasteiger partial charge in [-0.25, -0.2) is 9.97 Å². The molecule has 0 aromatic carbocycles. The molecule has 124 valence electrons. The lowest BCUT2D eigenvalue weighted by Gasteiger charge is -2.32. The minimum absolute atomic E-state index is 0.124. The van der Waals surface area contributed by atoms with Gasteiger partial charge < -0.3 is 14.4 Å². The minimum atomic E-state index is -0.124. The van der Waals surface area contributed by atoms with Crippen LogP contribution in [0.15, 0.2) is 5.16 Å². The summed E-state index contributed by atoms with van der Waals surface area (Å²) < 4.78 is 11.5. The summed E-state index contributed by atoms with van der Waals surface area (Å²) in [6, 6.07) is 0. The van der Waals surface area contributed by atoms with Crippen molar-refractivity contribution in [1.29, 1.82) is 0 Å². The van der Waals surface area contributed by atoms with E-state index in [0.29, 0.717) is 6.61 Å². The Labute approximate surface area is 144 Å². The van der Waals surface area contributed by atoms with E-state index < -0.39 is 0 Å². The second-order valence-corrected chi connectivity index (χ2v) is 8.40. The molecule has 4 heterocycles. The van der Waals surface area contributed by atoms with Crippen molar-refractivity contribution in [2.75, 3.05) is 37.5 Å². The van der Waals surface area contributed by atoms with Crippen molar-refractivity contribution < 1.29 is 9.47 Å². The van der Waals surface area contributed by atoms with E-state index in [0.717, 1.165) is 48.5 Å². The molecule has 1 fully saturated rings. The number of rotatable bonds is 2. The molecule has 0 unspecified atom stereocenters. The Morgan fingerprint density at radius 2 is 2.00 bits per heavy atom. The maximum absolute atomic E-state index is 5.99. The van der Waals surface area contributed by atoms with E-state index in [2.05, 4.69) is 18.7 Å². The zero-order valence-electron chi connectivity index (χ0n) is 13.7. The highest BCUT2D eigenvalue weighted by atomic mass is 32.2. The van der Waals surface area contributed by atoms with E-state index in [4.69, 9.17) is 19.4 Å². The highest BCUT2D eigenvalue weighted by Gasteiger charge is 2.32. The molecule has 2 aromatic heterocycles. The van der Waals surface area contributed by atoms with Gasteiger partial charge in [0.1, 0.15) is 10.6 Å². The molecule has 2 aromatic rings. The largest absolute Gasteiger partial charge is 0.378 e. The third kappa shape index (κ3) is 2.84. The summed E-state index contributed by atoms with van der Waals surface area (Å²) >= 11 is 3.36. The molecule has 0 aliphatic carbocycles. The Kier molecular flexibility index (Phi) is 3.99. The normalized spacial score (nSPS) is 20.7. The molecule has 0 atom stereocenters. The molecule has 1 saturated heterocycles. The fourth-order valence-corrected chi connectivity index (χ4v) is 4.72. The lowest BCUT2D eigenvalue weighted by Crippen LogP contribution is -2.37. The van der Waals surface area contributed by atoms with E-state index in [9.17, 15) is 0 Å². The van der Waals surface area contributed by atoms with Gasteiger partial charge in [0.15, 0.2) is 5.16 Å². The third-order valence-electron chi connectivity index (χ3n) is 4.38. The molecule has 0 amide bonds. The number of thiophene rings is 1. The van der Waals surface area contributed by atoms with Gasteiger partial charge in [0, 0.05) is 24.4 Å². The van der Waals surface area contributed by atoms with E-state index in [1.54, 1.807) is 23.1 Å². The standard InChI is InChI=1S/C16H21N3O2S2/c1-16(2)8-10-11(9-21-16)23-14-12(10)13(17-15(18-14)22-3)19-4-6-20-7-5-19/h4-9H2,1-3H3. The number of morpholine rings is 1. The van der Waals surface area contributed by atoms with Gasteiger partial charge in [-0.2, -0.15) is 0 Å². The Morgan fingerprint density at radius 3 is 2.74 bits per heavy atom. The first-order valence-corrected chi connectivity index (χ1v) is 9.94. The van der Waals surface area contributed by atoms with Crippen molar-refractivity contribution in [3.63, 3.8) is 0 Å². The first kappa shape index (κ1) is 15.6. The number of ether oxygens (including phenoxy) is 2. The van der Waals surface area contributed by atoms with Gasteiger partial charge in [-0.3, -0.25) is 0 Å². The molecule has 7 heteroatoms. The number of nitrogens with zero attached hydrogens (tertiary/aromatic N) is 3. The van der Waals surface area contributed by atoms with Crippen LogP contribution in [0.1, 0.15) is 24.3 Å². The van der Waals surface area contributed by atoms with Crippen LogP contribution < -0.4 is 4.90 Å². The lowest BCUT2D eigenvalue weighted by atomic mass is 9.94. The van der Waals surface area contributed by atoms with Crippen molar-refractivity contribution in [3.8, 4) is 0 Å². The van der Waals surface area contributed by atoms with Crippen LogP contribution in [0.3, 0.4) is 0 Å². The number of fused-ring (bicyclic) bond motifs is 3. The molecule has 4 rings (SSSR count). The lowest BCUT2D eigenvalue weighted by molar-refractivity contribution is -0.0379. The summed E-state index contributed by atoms with van der Waals surface area (Å²) in [5.74, 6) is 1.08. The van der Waals surface area contributed by atoms with E-state index in [-0.39, 0.29) is 5.60 Å². The first-order chi connectivity index (χ1) is 11.1. The number of anilines is 1. The van der Waals surface area contributed by atoms with Crippen LogP contribution >= 0.6 is 23.1 Å². The number of thioether (sulfide) groups is 1. The highest BCUT2D eigenvalue weighted by molar-refractivity contribution is 7.98. The zero-order chi connectivity index (χ0) is 16.0.